The minimum atomic E-state index is -0.640. The van der Waals surface area contributed by atoms with Crippen LogP contribution in [-0.4, -0.2) is 57.0 Å². The van der Waals surface area contributed by atoms with Crippen molar-refractivity contribution in [3.8, 4) is 0 Å². The van der Waals surface area contributed by atoms with Crippen LogP contribution < -0.4 is 5.32 Å². The van der Waals surface area contributed by atoms with Gasteiger partial charge < -0.3 is 10.1 Å². The Morgan fingerprint density at radius 3 is 2.48 bits per heavy atom. The zero-order valence-corrected chi connectivity index (χ0v) is 16.4. The van der Waals surface area contributed by atoms with Crippen molar-refractivity contribution in [3.63, 3.8) is 0 Å². The lowest BCUT2D eigenvalue weighted by Crippen LogP contribution is -2.24. The fourth-order valence-corrected chi connectivity index (χ4v) is 3.10. The highest BCUT2D eigenvalue weighted by atomic mass is 16.5. The number of rotatable bonds is 6. The van der Waals surface area contributed by atoms with Crippen LogP contribution in [0.3, 0.4) is 0 Å². The highest BCUT2D eigenvalue weighted by molar-refractivity contribution is 6.21. The molecule has 1 N–H and O–H groups in total. The number of benzene rings is 2. The van der Waals surface area contributed by atoms with Gasteiger partial charge in [-0.3, -0.25) is 19.3 Å². The Morgan fingerprint density at radius 1 is 1.03 bits per heavy atom. The number of anilines is 1. The Hall–Kier alpha value is -4.34. The van der Waals surface area contributed by atoms with Crippen molar-refractivity contribution < 1.29 is 23.9 Å². The van der Waals surface area contributed by atoms with Gasteiger partial charge in [-0.25, -0.2) is 14.5 Å². The lowest BCUT2D eigenvalue weighted by atomic mass is 10.1. The lowest BCUT2D eigenvalue weighted by molar-refractivity contribution is -0.119. The smallest absolute Gasteiger partial charge is 0.338 e. The number of nitrogens with one attached hydrogen (secondary N) is 1. The number of nitrogens with zero attached hydrogens (tertiary/aromatic N) is 4. The van der Waals surface area contributed by atoms with Crippen LogP contribution in [0.4, 0.5) is 5.69 Å². The van der Waals surface area contributed by atoms with Crippen molar-refractivity contribution >= 4 is 29.4 Å². The number of imide groups is 1. The van der Waals surface area contributed by atoms with E-state index in [1.165, 1.54) is 31.6 Å². The van der Waals surface area contributed by atoms with Gasteiger partial charge in [-0.05, 0) is 35.9 Å². The molecule has 10 nitrogen and oxygen atoms in total. The third-order valence-corrected chi connectivity index (χ3v) is 4.71. The Kier molecular flexibility index (Phi) is 5.27. The monoisotopic (exact) mass is 419 g/mol. The molecule has 3 amide bonds. The second-order valence-corrected chi connectivity index (χ2v) is 6.84. The van der Waals surface area contributed by atoms with E-state index in [0.29, 0.717) is 17.8 Å². The Balaban J connectivity index is 1.31. The average Bonchev–Trinajstić information content (AvgIpc) is 3.36. The molecule has 0 atom stereocenters. The predicted octanol–water partition coefficient (Wildman–Crippen LogP) is 1.35. The first-order chi connectivity index (χ1) is 14.9. The first kappa shape index (κ1) is 20.0. The number of ether oxygens (including phenoxy) is 1. The number of fused-ring (bicyclic) bond motifs is 1. The van der Waals surface area contributed by atoms with Crippen LogP contribution >= 0.6 is 0 Å². The number of amides is 3. The van der Waals surface area contributed by atoms with Gasteiger partial charge in [-0.15, -0.1) is 0 Å². The Morgan fingerprint density at radius 2 is 1.77 bits per heavy atom. The Bertz CT molecular complexity index is 1170. The number of carbonyl (C=O) groups excluding carboxylic acids is 4. The van der Waals surface area contributed by atoms with E-state index in [1.807, 2.05) is 0 Å². The van der Waals surface area contributed by atoms with Crippen LogP contribution in [0.25, 0.3) is 0 Å². The molecule has 0 spiro atoms. The second kappa shape index (κ2) is 8.19. The van der Waals surface area contributed by atoms with Crippen LogP contribution in [0.1, 0.15) is 36.6 Å². The molecule has 0 radical (unpaired) electrons. The molecule has 3 aromatic rings. The van der Waals surface area contributed by atoms with Gasteiger partial charge in [0.25, 0.3) is 17.7 Å². The third kappa shape index (κ3) is 4.17. The number of hydrogen-bond donors (Lipinski definition) is 1. The highest BCUT2D eigenvalue weighted by Crippen LogP contribution is 2.24. The van der Waals surface area contributed by atoms with Gasteiger partial charge in [0, 0.05) is 12.7 Å². The fraction of sp³-hybridized carbons (Fsp3) is 0.143. The molecule has 10 heteroatoms. The quantitative estimate of drug-likeness (QED) is 0.472. The van der Waals surface area contributed by atoms with Gasteiger partial charge in [0.15, 0.2) is 6.61 Å². The van der Waals surface area contributed by atoms with Crippen molar-refractivity contribution in [2.45, 2.75) is 6.54 Å². The SMILES string of the molecule is CN1C(=O)c2ccc(NC(=O)COC(=O)c3ccc(Cn4cncn4)cc3)cc2C1=O. The average molecular weight is 419 g/mol. The minimum absolute atomic E-state index is 0.216. The Labute approximate surface area is 176 Å². The van der Waals surface area contributed by atoms with Crippen LogP contribution in [0.5, 0.6) is 0 Å². The van der Waals surface area contributed by atoms with E-state index in [-0.39, 0.29) is 17.0 Å². The summed E-state index contributed by atoms with van der Waals surface area (Å²) in [6.45, 7) is 0.0197. The van der Waals surface area contributed by atoms with Crippen LogP contribution in [0.15, 0.2) is 55.1 Å². The van der Waals surface area contributed by atoms with E-state index in [2.05, 4.69) is 15.4 Å². The van der Waals surface area contributed by atoms with Gasteiger partial charge in [-0.1, -0.05) is 12.1 Å². The minimum Gasteiger partial charge on any atom is -0.452 e. The summed E-state index contributed by atoms with van der Waals surface area (Å²) in [7, 11) is 1.39. The molecular formula is C21H17N5O5. The first-order valence-corrected chi connectivity index (χ1v) is 9.27. The molecule has 1 aliphatic rings. The molecule has 156 valence electrons. The molecule has 0 fully saturated rings. The maximum atomic E-state index is 12.2. The van der Waals surface area contributed by atoms with E-state index in [4.69, 9.17) is 4.74 Å². The maximum Gasteiger partial charge on any atom is 0.338 e. The standard InChI is InChI=1S/C21H17N5O5/c1-25-19(28)16-7-6-15(8-17(16)20(25)29)24-18(27)10-31-21(30)14-4-2-13(3-5-14)9-26-12-22-11-23-26/h2-8,11-12H,9-10H2,1H3,(H,24,27). The predicted molar refractivity (Wildman–Crippen MR) is 107 cm³/mol. The molecule has 0 aliphatic carbocycles. The van der Waals surface area contributed by atoms with Crippen molar-refractivity contribution in [1.29, 1.82) is 0 Å². The molecule has 1 aliphatic heterocycles. The van der Waals surface area contributed by atoms with E-state index in [9.17, 15) is 19.2 Å². The number of aromatic nitrogens is 3. The summed E-state index contributed by atoms with van der Waals surface area (Å²) in [6, 6.07) is 11.1. The summed E-state index contributed by atoms with van der Waals surface area (Å²) in [5.74, 6) is -2.03. The molecule has 2 aromatic carbocycles. The van der Waals surface area contributed by atoms with Crippen molar-refractivity contribution in [1.82, 2.24) is 19.7 Å². The third-order valence-electron chi connectivity index (χ3n) is 4.71. The zero-order valence-electron chi connectivity index (χ0n) is 16.4. The number of hydrogen-bond acceptors (Lipinski definition) is 7. The summed E-state index contributed by atoms with van der Waals surface area (Å²) in [6.07, 6.45) is 3.03. The lowest BCUT2D eigenvalue weighted by Gasteiger charge is -2.08. The molecule has 2 heterocycles. The van der Waals surface area contributed by atoms with Crippen molar-refractivity contribution in [2.75, 3.05) is 19.0 Å². The summed E-state index contributed by atoms with van der Waals surface area (Å²) < 4.78 is 6.70. The molecule has 4 rings (SSSR count). The summed E-state index contributed by atoms with van der Waals surface area (Å²) in [5, 5.41) is 6.56. The highest BCUT2D eigenvalue weighted by Gasteiger charge is 2.32. The van der Waals surface area contributed by atoms with Crippen LogP contribution in [0.2, 0.25) is 0 Å². The first-order valence-electron chi connectivity index (χ1n) is 9.27. The van der Waals surface area contributed by atoms with E-state index >= 15 is 0 Å². The molecule has 0 saturated carbocycles. The van der Waals surface area contributed by atoms with Crippen molar-refractivity contribution in [2.24, 2.45) is 0 Å². The molecule has 0 saturated heterocycles. The normalized spacial score (nSPS) is 12.6. The fourth-order valence-electron chi connectivity index (χ4n) is 3.10. The summed E-state index contributed by atoms with van der Waals surface area (Å²) in [4.78, 5) is 53.1. The van der Waals surface area contributed by atoms with Gasteiger partial charge in [0.05, 0.1) is 23.2 Å². The molecule has 0 bridgehead atoms. The van der Waals surface area contributed by atoms with Crippen LogP contribution in [-0.2, 0) is 16.1 Å². The molecule has 0 unspecified atom stereocenters. The summed E-state index contributed by atoms with van der Waals surface area (Å²) >= 11 is 0. The van der Waals surface area contributed by atoms with Crippen LogP contribution in [0, 0.1) is 0 Å². The van der Waals surface area contributed by atoms with E-state index < -0.39 is 24.4 Å². The van der Waals surface area contributed by atoms with Crippen molar-refractivity contribution in [3.05, 3.63) is 77.4 Å². The second-order valence-electron chi connectivity index (χ2n) is 6.84. The van der Waals surface area contributed by atoms with E-state index in [1.54, 1.807) is 35.3 Å². The maximum absolute atomic E-state index is 12.2. The van der Waals surface area contributed by atoms with Gasteiger partial charge in [0.1, 0.15) is 12.7 Å². The van der Waals surface area contributed by atoms with Gasteiger partial charge >= 0.3 is 5.97 Å². The molecule has 31 heavy (non-hydrogen) atoms. The topological polar surface area (TPSA) is 123 Å². The zero-order chi connectivity index (χ0) is 22.0. The molecular weight excluding hydrogens is 402 g/mol. The molecule has 1 aromatic heterocycles. The summed E-state index contributed by atoms with van der Waals surface area (Å²) in [5.41, 5.74) is 2.06. The number of esters is 1. The van der Waals surface area contributed by atoms with Gasteiger partial charge in [0.2, 0.25) is 0 Å². The largest absolute Gasteiger partial charge is 0.452 e. The van der Waals surface area contributed by atoms with E-state index in [0.717, 1.165) is 10.5 Å². The van der Waals surface area contributed by atoms with Gasteiger partial charge in [-0.2, -0.15) is 5.10 Å². The number of carbonyl (C=O) groups is 4.